The van der Waals surface area contributed by atoms with Crippen molar-refractivity contribution in [1.82, 2.24) is 0 Å². The summed E-state index contributed by atoms with van der Waals surface area (Å²) in [7, 11) is -0.177. The van der Waals surface area contributed by atoms with Crippen LogP contribution in [0.1, 0.15) is 5.56 Å². The van der Waals surface area contributed by atoms with Gasteiger partial charge in [-0.15, -0.1) is 0 Å². The van der Waals surface area contributed by atoms with Crippen molar-refractivity contribution >= 4 is 12.6 Å². The van der Waals surface area contributed by atoms with Gasteiger partial charge in [0.15, 0.2) is 0 Å². The summed E-state index contributed by atoms with van der Waals surface area (Å²) in [5.41, 5.74) is 0.978. The monoisotopic (exact) mass is 276 g/mol. The van der Waals surface area contributed by atoms with Crippen molar-refractivity contribution in [2.75, 3.05) is 7.11 Å². The summed E-state index contributed by atoms with van der Waals surface area (Å²) in [6.07, 6.45) is 0. The van der Waals surface area contributed by atoms with E-state index in [9.17, 15) is 14.4 Å². The Morgan fingerprint density at radius 3 is 2.60 bits per heavy atom. The van der Waals surface area contributed by atoms with E-state index >= 15 is 0 Å². The van der Waals surface area contributed by atoms with Crippen molar-refractivity contribution < 1.29 is 23.9 Å². The van der Waals surface area contributed by atoms with Gasteiger partial charge in [0.05, 0.1) is 7.11 Å². The second-order valence-electron chi connectivity index (χ2n) is 4.20. The van der Waals surface area contributed by atoms with Crippen LogP contribution in [0.5, 0.6) is 11.5 Å². The summed E-state index contributed by atoms with van der Waals surface area (Å²) in [4.78, 5) is 0. The van der Waals surface area contributed by atoms with Gasteiger partial charge in [-0.2, -0.15) is 0 Å². The van der Waals surface area contributed by atoms with Gasteiger partial charge in [-0.3, -0.25) is 0 Å². The molecule has 0 atom stereocenters. The third kappa shape index (κ3) is 3.49. The quantitative estimate of drug-likeness (QED) is 0.803. The van der Waals surface area contributed by atoms with E-state index in [2.05, 4.69) is 0 Å². The van der Waals surface area contributed by atoms with Crippen LogP contribution < -0.4 is 14.9 Å². The van der Waals surface area contributed by atoms with Crippen LogP contribution in [0.15, 0.2) is 42.5 Å². The van der Waals surface area contributed by atoms with Crippen molar-refractivity contribution in [2.24, 2.45) is 0 Å². The lowest BCUT2D eigenvalue weighted by Crippen LogP contribution is -2.31. The highest BCUT2D eigenvalue weighted by atomic mass is 19.1. The lowest BCUT2D eigenvalue weighted by atomic mass is 9.79. The van der Waals surface area contributed by atoms with Crippen molar-refractivity contribution in [2.45, 2.75) is 6.61 Å². The topological polar surface area (TPSA) is 58.9 Å². The number of benzene rings is 2. The van der Waals surface area contributed by atoms with Gasteiger partial charge in [-0.25, -0.2) is 4.39 Å². The first kappa shape index (κ1) is 14.4. The van der Waals surface area contributed by atoms with Crippen molar-refractivity contribution in [1.29, 1.82) is 0 Å². The SMILES string of the molecule is COc1ccc(COc2cccc(F)c2)cc1B(O)O. The highest BCUT2D eigenvalue weighted by Gasteiger charge is 2.17. The van der Waals surface area contributed by atoms with Crippen LogP contribution in [0.2, 0.25) is 0 Å². The summed E-state index contributed by atoms with van der Waals surface area (Å²) in [6, 6.07) is 10.8. The van der Waals surface area contributed by atoms with E-state index < -0.39 is 7.12 Å². The molecule has 0 aliphatic rings. The minimum absolute atomic E-state index is 0.188. The molecule has 0 aromatic heterocycles. The molecule has 0 spiro atoms. The van der Waals surface area contributed by atoms with Crippen molar-refractivity contribution in [3.05, 3.63) is 53.8 Å². The van der Waals surface area contributed by atoms with Crippen LogP contribution >= 0.6 is 0 Å². The molecular formula is C14H14BFO4. The third-order valence-electron chi connectivity index (χ3n) is 2.77. The number of halogens is 1. The molecule has 2 N–H and O–H groups in total. The van der Waals surface area contributed by atoms with E-state index in [1.165, 1.54) is 19.2 Å². The second kappa shape index (κ2) is 6.41. The van der Waals surface area contributed by atoms with Crippen LogP contribution in [-0.2, 0) is 6.61 Å². The molecule has 104 valence electrons. The minimum Gasteiger partial charge on any atom is -0.497 e. The molecule has 4 nitrogen and oxygen atoms in total. The van der Waals surface area contributed by atoms with Crippen molar-refractivity contribution in [3.63, 3.8) is 0 Å². The molecule has 0 heterocycles. The zero-order valence-electron chi connectivity index (χ0n) is 10.9. The first-order chi connectivity index (χ1) is 9.60. The number of rotatable bonds is 5. The van der Waals surface area contributed by atoms with Crippen LogP contribution in [0, 0.1) is 5.82 Å². The minimum atomic E-state index is -1.63. The molecule has 0 amide bonds. The summed E-state index contributed by atoms with van der Waals surface area (Å²) < 4.78 is 23.5. The molecule has 2 aromatic carbocycles. The third-order valence-corrected chi connectivity index (χ3v) is 2.77. The Morgan fingerprint density at radius 1 is 1.15 bits per heavy atom. The summed E-state index contributed by atoms with van der Waals surface area (Å²) in [6.45, 7) is 0.188. The first-order valence-corrected chi connectivity index (χ1v) is 6.01. The molecule has 0 bridgehead atoms. The number of ether oxygens (including phenoxy) is 2. The van der Waals surface area contributed by atoms with Gasteiger partial charge in [-0.05, 0) is 23.8 Å². The smallest absolute Gasteiger partial charge is 0.492 e. The fourth-order valence-corrected chi connectivity index (χ4v) is 1.80. The molecule has 20 heavy (non-hydrogen) atoms. The Labute approximate surface area is 116 Å². The first-order valence-electron chi connectivity index (χ1n) is 6.01. The molecule has 0 saturated carbocycles. The summed E-state index contributed by atoms with van der Waals surface area (Å²) >= 11 is 0. The molecule has 2 rings (SSSR count). The normalized spacial score (nSPS) is 10.2. The van der Waals surface area contributed by atoms with E-state index in [1.54, 1.807) is 30.3 Å². The van der Waals surface area contributed by atoms with Crippen LogP contribution in [0.4, 0.5) is 4.39 Å². The van der Waals surface area contributed by atoms with Crippen LogP contribution in [-0.4, -0.2) is 24.3 Å². The number of hydrogen-bond acceptors (Lipinski definition) is 4. The van der Waals surface area contributed by atoms with Crippen LogP contribution in [0.25, 0.3) is 0 Å². The molecular weight excluding hydrogens is 262 g/mol. The predicted molar refractivity (Wildman–Crippen MR) is 73.6 cm³/mol. The van der Waals surface area contributed by atoms with Crippen molar-refractivity contribution in [3.8, 4) is 11.5 Å². The maximum atomic E-state index is 13.0. The van der Waals surface area contributed by atoms with Gasteiger partial charge >= 0.3 is 7.12 Å². The Balaban J connectivity index is 2.12. The van der Waals surface area contributed by atoms with E-state index in [4.69, 9.17) is 9.47 Å². The average molecular weight is 276 g/mol. The molecule has 2 aromatic rings. The predicted octanol–water partition coefficient (Wildman–Crippen LogP) is 1.09. The standard InChI is InChI=1S/C14H14BFO4/c1-19-14-6-5-10(7-13(14)15(17)18)9-20-12-4-2-3-11(16)8-12/h2-8,17-18H,9H2,1H3. The molecule has 0 aliphatic carbocycles. The maximum absolute atomic E-state index is 13.0. The maximum Gasteiger partial charge on any atom is 0.492 e. The van der Waals surface area contributed by atoms with Gasteiger partial charge in [0.25, 0.3) is 0 Å². The molecule has 0 radical (unpaired) electrons. The average Bonchev–Trinajstić information content (AvgIpc) is 2.45. The Kier molecular flexibility index (Phi) is 4.60. The lowest BCUT2D eigenvalue weighted by molar-refractivity contribution is 0.304. The molecule has 0 saturated heterocycles. The lowest BCUT2D eigenvalue weighted by Gasteiger charge is -2.11. The zero-order valence-corrected chi connectivity index (χ0v) is 10.9. The van der Waals surface area contributed by atoms with E-state index in [-0.39, 0.29) is 17.9 Å². The fourth-order valence-electron chi connectivity index (χ4n) is 1.80. The number of methoxy groups -OCH3 is 1. The van der Waals surface area contributed by atoms with Gasteiger partial charge in [0.2, 0.25) is 0 Å². The van der Waals surface area contributed by atoms with Gasteiger partial charge < -0.3 is 19.5 Å². The zero-order chi connectivity index (χ0) is 14.5. The Bertz CT molecular complexity index is 589. The van der Waals surface area contributed by atoms with Gasteiger partial charge in [0, 0.05) is 11.5 Å². The Hall–Kier alpha value is -2.05. The molecule has 6 heteroatoms. The Morgan fingerprint density at radius 2 is 1.95 bits per heavy atom. The largest absolute Gasteiger partial charge is 0.497 e. The van der Waals surface area contributed by atoms with Gasteiger partial charge in [0.1, 0.15) is 23.9 Å². The fraction of sp³-hybridized carbons (Fsp3) is 0.143. The highest BCUT2D eigenvalue weighted by molar-refractivity contribution is 6.59. The van der Waals surface area contributed by atoms with Gasteiger partial charge in [-0.1, -0.05) is 18.2 Å². The highest BCUT2D eigenvalue weighted by Crippen LogP contribution is 2.15. The van der Waals surface area contributed by atoms with E-state index in [0.29, 0.717) is 11.5 Å². The molecule has 0 unspecified atom stereocenters. The molecule has 0 aliphatic heterocycles. The summed E-state index contributed by atoms with van der Waals surface area (Å²) in [5, 5.41) is 18.5. The number of hydrogen-bond donors (Lipinski definition) is 2. The van der Waals surface area contributed by atoms with E-state index in [0.717, 1.165) is 5.56 Å². The molecule has 0 fully saturated rings. The van der Waals surface area contributed by atoms with E-state index in [1.807, 2.05) is 0 Å². The van der Waals surface area contributed by atoms with Crippen LogP contribution in [0.3, 0.4) is 0 Å². The summed E-state index contributed by atoms with van der Waals surface area (Å²) in [5.74, 6) is 0.421. The second-order valence-corrected chi connectivity index (χ2v) is 4.20.